The molecule has 0 fully saturated rings. The van der Waals surface area contributed by atoms with Crippen molar-refractivity contribution in [1.82, 2.24) is 20.3 Å². The van der Waals surface area contributed by atoms with Crippen molar-refractivity contribution in [1.29, 1.82) is 0 Å². The van der Waals surface area contributed by atoms with E-state index in [1.54, 1.807) is 6.20 Å². The van der Waals surface area contributed by atoms with Crippen LogP contribution in [0.5, 0.6) is 0 Å². The number of hydrogen-bond donors (Lipinski definition) is 2. The topological polar surface area (TPSA) is 70.7 Å². The van der Waals surface area contributed by atoms with Crippen LogP contribution >= 0.6 is 15.9 Å². The number of hydrogen-bond acceptors (Lipinski definition) is 4. The van der Waals surface area contributed by atoms with Crippen LogP contribution in [0.4, 0.5) is 0 Å². The highest BCUT2D eigenvalue weighted by molar-refractivity contribution is 9.10. The molecule has 3 rings (SSSR count). The molecular formula is C12H11BrN4O. The highest BCUT2D eigenvalue weighted by atomic mass is 79.9. The summed E-state index contributed by atoms with van der Waals surface area (Å²) in [6.07, 6.45) is 2.46. The summed E-state index contributed by atoms with van der Waals surface area (Å²) in [6.45, 7) is 1.44. The van der Waals surface area contributed by atoms with Crippen molar-refractivity contribution < 1.29 is 0 Å². The Morgan fingerprint density at radius 2 is 2.28 bits per heavy atom. The van der Waals surface area contributed by atoms with Gasteiger partial charge in [-0.05, 0) is 28.1 Å². The van der Waals surface area contributed by atoms with E-state index in [2.05, 4.69) is 36.2 Å². The van der Waals surface area contributed by atoms with Crippen molar-refractivity contribution in [3.63, 3.8) is 0 Å². The zero-order valence-corrected chi connectivity index (χ0v) is 11.1. The minimum atomic E-state index is -0.0836. The molecule has 0 spiro atoms. The first kappa shape index (κ1) is 11.6. The zero-order valence-electron chi connectivity index (χ0n) is 9.53. The lowest BCUT2D eigenvalue weighted by Crippen LogP contribution is -2.31. The minimum Gasteiger partial charge on any atom is -0.312 e. The molecule has 0 unspecified atom stereocenters. The molecule has 0 saturated heterocycles. The second-order valence-electron chi connectivity index (χ2n) is 4.10. The van der Waals surface area contributed by atoms with Crippen LogP contribution in [0, 0.1) is 0 Å². The summed E-state index contributed by atoms with van der Waals surface area (Å²) in [4.78, 5) is 23.5. The Morgan fingerprint density at radius 3 is 3.11 bits per heavy atom. The first-order valence-electron chi connectivity index (χ1n) is 5.69. The molecule has 0 saturated carbocycles. The van der Waals surface area contributed by atoms with E-state index in [0.717, 1.165) is 28.7 Å². The number of rotatable bonds is 1. The molecule has 3 heterocycles. The maximum atomic E-state index is 12.0. The molecule has 5 nitrogen and oxygen atoms in total. The second kappa shape index (κ2) is 4.62. The minimum absolute atomic E-state index is 0.0836. The highest BCUT2D eigenvalue weighted by Crippen LogP contribution is 2.22. The molecule has 0 atom stereocenters. The van der Waals surface area contributed by atoms with Crippen molar-refractivity contribution in [3.05, 3.63) is 44.4 Å². The number of pyridine rings is 1. The molecule has 6 heteroatoms. The Kier molecular flexibility index (Phi) is 2.97. The Morgan fingerprint density at radius 1 is 1.39 bits per heavy atom. The third-order valence-electron chi connectivity index (χ3n) is 2.92. The van der Waals surface area contributed by atoms with E-state index < -0.39 is 0 Å². The molecule has 0 bridgehead atoms. The number of nitrogens with zero attached hydrogens (tertiary/aromatic N) is 2. The van der Waals surface area contributed by atoms with Gasteiger partial charge in [-0.2, -0.15) is 0 Å². The number of nitrogens with one attached hydrogen (secondary N) is 2. The van der Waals surface area contributed by atoms with Gasteiger partial charge in [-0.25, -0.2) is 4.98 Å². The molecule has 1 aliphatic rings. The van der Waals surface area contributed by atoms with E-state index in [1.165, 1.54) is 0 Å². The molecule has 18 heavy (non-hydrogen) atoms. The van der Waals surface area contributed by atoms with Crippen LogP contribution in [-0.2, 0) is 13.0 Å². The lowest BCUT2D eigenvalue weighted by Gasteiger charge is -2.15. The third kappa shape index (κ3) is 1.97. The van der Waals surface area contributed by atoms with Gasteiger partial charge in [0.2, 0.25) is 0 Å². The van der Waals surface area contributed by atoms with Crippen LogP contribution in [0.15, 0.2) is 27.6 Å². The number of halogens is 1. The fraction of sp³-hybridized carbons (Fsp3) is 0.250. The van der Waals surface area contributed by atoms with E-state index in [-0.39, 0.29) is 5.56 Å². The van der Waals surface area contributed by atoms with Gasteiger partial charge in [0.1, 0.15) is 5.69 Å². The summed E-state index contributed by atoms with van der Waals surface area (Å²) in [5, 5.41) is 3.17. The number of H-pyrrole nitrogens is 1. The standard InChI is InChI=1S/C12H11BrN4O/c13-8-2-1-4-15-10(8)11-16-9-3-5-14-6-7(9)12(18)17-11/h1-2,4,14H,3,5-6H2,(H,16,17,18). The predicted molar refractivity (Wildman–Crippen MR) is 71.2 cm³/mol. The maximum Gasteiger partial charge on any atom is 0.255 e. The van der Waals surface area contributed by atoms with Crippen molar-refractivity contribution in [3.8, 4) is 11.5 Å². The Balaban J connectivity index is 2.17. The Labute approximate surface area is 112 Å². The maximum absolute atomic E-state index is 12.0. The number of fused-ring (bicyclic) bond motifs is 1. The SMILES string of the molecule is O=c1[nH]c(-c2ncccc2Br)nc2c1CNCC2. The molecule has 2 N–H and O–H groups in total. The molecule has 0 aliphatic carbocycles. The van der Waals surface area contributed by atoms with E-state index in [9.17, 15) is 4.79 Å². The lowest BCUT2D eigenvalue weighted by molar-refractivity contribution is 0.621. The van der Waals surface area contributed by atoms with Gasteiger partial charge in [0.25, 0.3) is 5.56 Å². The Hall–Kier alpha value is -1.53. The number of aromatic nitrogens is 3. The fourth-order valence-corrected chi connectivity index (χ4v) is 2.47. The van der Waals surface area contributed by atoms with Crippen LogP contribution in [-0.4, -0.2) is 21.5 Å². The Bertz CT molecular complexity index is 653. The quantitative estimate of drug-likeness (QED) is 0.831. The van der Waals surface area contributed by atoms with E-state index >= 15 is 0 Å². The van der Waals surface area contributed by atoms with Gasteiger partial charge in [0.05, 0.1) is 11.3 Å². The monoisotopic (exact) mass is 306 g/mol. The summed E-state index contributed by atoms with van der Waals surface area (Å²) < 4.78 is 0.821. The van der Waals surface area contributed by atoms with E-state index in [1.807, 2.05) is 12.1 Å². The van der Waals surface area contributed by atoms with Crippen LogP contribution in [0.3, 0.4) is 0 Å². The first-order chi connectivity index (χ1) is 8.75. The van der Waals surface area contributed by atoms with Crippen molar-refractivity contribution in [2.24, 2.45) is 0 Å². The fourth-order valence-electron chi connectivity index (χ4n) is 2.03. The number of aromatic amines is 1. The molecule has 1 aliphatic heterocycles. The third-order valence-corrected chi connectivity index (χ3v) is 3.56. The van der Waals surface area contributed by atoms with Gasteiger partial charge in [0.15, 0.2) is 5.82 Å². The van der Waals surface area contributed by atoms with Crippen LogP contribution in [0.1, 0.15) is 11.3 Å². The van der Waals surface area contributed by atoms with Gasteiger partial charge in [-0.3, -0.25) is 9.78 Å². The zero-order chi connectivity index (χ0) is 12.5. The molecule has 2 aromatic rings. The second-order valence-corrected chi connectivity index (χ2v) is 4.95. The lowest BCUT2D eigenvalue weighted by atomic mass is 10.1. The van der Waals surface area contributed by atoms with Crippen LogP contribution in [0.25, 0.3) is 11.5 Å². The average Bonchev–Trinajstić information content (AvgIpc) is 2.39. The largest absolute Gasteiger partial charge is 0.312 e. The van der Waals surface area contributed by atoms with Gasteiger partial charge >= 0.3 is 0 Å². The summed E-state index contributed by atoms with van der Waals surface area (Å²) in [5.41, 5.74) is 2.18. The predicted octanol–water partition coefficient (Wildman–Crippen LogP) is 1.24. The first-order valence-corrected chi connectivity index (χ1v) is 6.48. The summed E-state index contributed by atoms with van der Waals surface area (Å²) >= 11 is 3.42. The van der Waals surface area contributed by atoms with Crippen molar-refractivity contribution >= 4 is 15.9 Å². The molecule has 92 valence electrons. The molecule has 0 aromatic carbocycles. The molecule has 0 amide bonds. The summed E-state index contributed by atoms with van der Waals surface area (Å²) in [7, 11) is 0. The van der Waals surface area contributed by atoms with Gasteiger partial charge in [-0.15, -0.1) is 0 Å². The van der Waals surface area contributed by atoms with Crippen LogP contribution < -0.4 is 10.9 Å². The molecule has 0 radical (unpaired) electrons. The van der Waals surface area contributed by atoms with E-state index in [4.69, 9.17) is 0 Å². The molecule has 2 aromatic heterocycles. The van der Waals surface area contributed by atoms with E-state index in [0.29, 0.717) is 18.1 Å². The van der Waals surface area contributed by atoms with Crippen molar-refractivity contribution in [2.75, 3.05) is 6.54 Å². The van der Waals surface area contributed by atoms with Gasteiger partial charge < -0.3 is 10.3 Å². The average molecular weight is 307 g/mol. The molecular weight excluding hydrogens is 296 g/mol. The van der Waals surface area contributed by atoms with Crippen molar-refractivity contribution in [2.45, 2.75) is 13.0 Å². The normalized spacial score (nSPS) is 14.3. The smallest absolute Gasteiger partial charge is 0.255 e. The van der Waals surface area contributed by atoms with Gasteiger partial charge in [0, 0.05) is 30.2 Å². The highest BCUT2D eigenvalue weighted by Gasteiger charge is 2.16. The van der Waals surface area contributed by atoms with Gasteiger partial charge in [-0.1, -0.05) is 0 Å². The van der Waals surface area contributed by atoms with Crippen LogP contribution in [0.2, 0.25) is 0 Å². The summed E-state index contributed by atoms with van der Waals surface area (Å²) in [6, 6.07) is 3.71. The summed E-state index contributed by atoms with van der Waals surface area (Å²) in [5.74, 6) is 0.521.